The molecular weight excluding hydrogens is 787 g/mol. The summed E-state index contributed by atoms with van der Waals surface area (Å²) in [6, 6.07) is 47.7. The molecule has 2 heteroatoms. The van der Waals surface area contributed by atoms with E-state index in [9.17, 15) is 0 Å². The molecule has 0 N–H and O–H groups in total. The maximum Gasteiger partial charge on any atom is 0.143 e. The molecule has 0 aliphatic heterocycles. The summed E-state index contributed by atoms with van der Waals surface area (Å²) in [4.78, 5) is 2.22. The number of fused-ring (bicyclic) bond motifs is 7. The van der Waals surface area contributed by atoms with E-state index in [-0.39, 0.29) is 5.41 Å². The van der Waals surface area contributed by atoms with Gasteiger partial charge < -0.3 is 9.32 Å². The molecule has 1 aromatic heterocycles. The fourth-order valence-electron chi connectivity index (χ4n) is 7.75. The number of furan rings is 1. The smallest absolute Gasteiger partial charge is 0.143 e. The van der Waals surface area contributed by atoms with Crippen molar-refractivity contribution < 1.29 is 4.42 Å². The SMILES string of the molecule is C=C/C=C\C=C.C=C/C=C\C=C(/C)c1cccc(-c2ccc(N(C)c3ccc(CC)cc3)cc2)c1.C=C/C=C\C=C(C)C.CC1(C)c2ccccc2-c2c1ccc1c2oc2ccccc21. The largest absolute Gasteiger partial charge is 0.455 e. The number of benzene rings is 6. The molecule has 7 aromatic rings. The number of hydrogen-bond acceptors (Lipinski definition) is 2. The van der Waals surface area contributed by atoms with Crippen LogP contribution in [0, 0.1) is 0 Å². The maximum absolute atomic E-state index is 6.25. The summed E-state index contributed by atoms with van der Waals surface area (Å²) >= 11 is 0. The molecule has 0 saturated heterocycles. The Hall–Kier alpha value is -7.42. The number of para-hydroxylation sites is 1. The van der Waals surface area contributed by atoms with E-state index in [4.69, 9.17) is 4.42 Å². The number of nitrogens with zero attached hydrogens (tertiary/aromatic N) is 1. The van der Waals surface area contributed by atoms with Crippen LogP contribution in [-0.4, -0.2) is 7.05 Å². The van der Waals surface area contributed by atoms with E-state index < -0.39 is 0 Å². The molecule has 65 heavy (non-hydrogen) atoms. The molecule has 0 amide bonds. The van der Waals surface area contributed by atoms with E-state index in [1.54, 1.807) is 24.3 Å². The third-order valence-corrected chi connectivity index (χ3v) is 11.4. The summed E-state index contributed by atoms with van der Waals surface area (Å²) < 4.78 is 6.25. The lowest BCUT2D eigenvalue weighted by molar-refractivity contribution is 0.653. The fourth-order valence-corrected chi connectivity index (χ4v) is 7.75. The van der Waals surface area contributed by atoms with E-state index in [1.165, 1.54) is 77.8 Å². The van der Waals surface area contributed by atoms with Gasteiger partial charge in [0.1, 0.15) is 11.2 Å². The zero-order chi connectivity index (χ0) is 46.8. The Balaban J connectivity index is 0.000000192. The Morgan fingerprint density at radius 2 is 1.15 bits per heavy atom. The Labute approximate surface area is 389 Å². The lowest BCUT2D eigenvalue weighted by Crippen LogP contribution is -2.14. The Morgan fingerprint density at radius 1 is 0.569 bits per heavy atom. The highest BCUT2D eigenvalue weighted by atomic mass is 16.3. The standard InChI is InChI=1S/C28H29N.C21H16O.C8H12.C6H8/c1-5-7-8-10-22(3)25-11-9-12-26(21-25)24-15-19-28(20-16-24)29(4)27-17-13-23(6-2)14-18-27;1-21(2)16-9-5-3-8-15(16)19-17(21)12-11-14-13-7-4-6-10-18(13)22-20(14)19;1-4-5-6-7-8(2)3;1-3-5-6-4-2/h5,7-21H,1,6H2,2-4H3;3-12H,1-2H3;4-7H,1H2,2-3H3;3-6H,1-2H2/b8-7-,22-10+;;2*6-5-. The summed E-state index contributed by atoms with van der Waals surface area (Å²) in [6.07, 6.45) is 23.7. The Kier molecular flexibility index (Phi) is 17.8. The maximum atomic E-state index is 6.25. The molecule has 0 fully saturated rings. The zero-order valence-corrected chi connectivity index (χ0v) is 39.5. The first kappa shape index (κ1) is 48.6. The molecular formula is C63H65NO. The molecule has 6 aromatic carbocycles. The molecule has 0 bridgehead atoms. The van der Waals surface area contributed by atoms with Gasteiger partial charge >= 0.3 is 0 Å². The lowest BCUT2D eigenvalue weighted by atomic mass is 9.82. The van der Waals surface area contributed by atoms with Crippen LogP contribution in [-0.2, 0) is 11.8 Å². The molecule has 1 aliphatic carbocycles. The summed E-state index contributed by atoms with van der Waals surface area (Å²) in [5.74, 6) is 0. The van der Waals surface area contributed by atoms with E-state index in [0.717, 1.165) is 17.6 Å². The Bertz CT molecular complexity index is 2850. The van der Waals surface area contributed by atoms with Crippen LogP contribution in [0.5, 0.6) is 0 Å². The van der Waals surface area contributed by atoms with Gasteiger partial charge in [-0.15, -0.1) is 0 Å². The molecule has 2 nitrogen and oxygen atoms in total. The van der Waals surface area contributed by atoms with Crippen LogP contribution in [0.3, 0.4) is 0 Å². The van der Waals surface area contributed by atoms with Gasteiger partial charge in [-0.25, -0.2) is 0 Å². The van der Waals surface area contributed by atoms with Gasteiger partial charge in [0.15, 0.2) is 0 Å². The van der Waals surface area contributed by atoms with Crippen molar-refractivity contribution in [3.63, 3.8) is 0 Å². The predicted molar refractivity (Wildman–Crippen MR) is 288 cm³/mol. The summed E-state index contributed by atoms with van der Waals surface area (Å²) in [5, 5.41) is 2.41. The van der Waals surface area contributed by atoms with Crippen molar-refractivity contribution in [1.29, 1.82) is 0 Å². The minimum atomic E-state index is 0.0269. The first-order chi connectivity index (χ1) is 31.5. The van der Waals surface area contributed by atoms with Crippen LogP contribution in [0.2, 0.25) is 0 Å². The first-order valence-corrected chi connectivity index (χ1v) is 22.4. The molecule has 1 aliphatic rings. The van der Waals surface area contributed by atoms with Crippen molar-refractivity contribution in [3.8, 4) is 22.3 Å². The molecule has 0 saturated carbocycles. The van der Waals surface area contributed by atoms with Gasteiger partial charge in [-0.3, -0.25) is 0 Å². The van der Waals surface area contributed by atoms with Gasteiger partial charge in [0, 0.05) is 40.2 Å². The van der Waals surface area contributed by atoms with Crippen molar-refractivity contribution in [3.05, 3.63) is 261 Å². The van der Waals surface area contributed by atoms with Crippen molar-refractivity contribution in [2.24, 2.45) is 0 Å². The average Bonchev–Trinajstić information content (AvgIpc) is 3.83. The summed E-state index contributed by atoms with van der Waals surface area (Å²) in [5.41, 5.74) is 17.3. The number of allylic oxidation sites excluding steroid dienone is 14. The third kappa shape index (κ3) is 12.4. The molecule has 1 heterocycles. The number of rotatable bonds is 11. The lowest BCUT2D eigenvalue weighted by Gasteiger charge is -2.21. The normalized spacial score (nSPS) is 12.3. The van der Waals surface area contributed by atoms with Crippen LogP contribution in [0.1, 0.15) is 63.8 Å². The van der Waals surface area contributed by atoms with Gasteiger partial charge in [-0.1, -0.05) is 223 Å². The second-order valence-corrected chi connectivity index (χ2v) is 16.5. The van der Waals surface area contributed by atoms with Crippen LogP contribution in [0.4, 0.5) is 11.4 Å². The van der Waals surface area contributed by atoms with E-state index >= 15 is 0 Å². The highest BCUT2D eigenvalue weighted by Crippen LogP contribution is 2.52. The minimum Gasteiger partial charge on any atom is -0.455 e. The van der Waals surface area contributed by atoms with Gasteiger partial charge in [0.05, 0.1) is 0 Å². The van der Waals surface area contributed by atoms with Crippen molar-refractivity contribution in [1.82, 2.24) is 0 Å². The third-order valence-electron chi connectivity index (χ3n) is 11.4. The second-order valence-electron chi connectivity index (χ2n) is 16.5. The van der Waals surface area contributed by atoms with E-state index in [0.29, 0.717) is 0 Å². The number of anilines is 2. The van der Waals surface area contributed by atoms with E-state index in [2.05, 4.69) is 207 Å². The molecule has 0 radical (unpaired) electrons. The average molecular weight is 852 g/mol. The monoisotopic (exact) mass is 852 g/mol. The van der Waals surface area contributed by atoms with Crippen molar-refractivity contribution in [2.75, 3.05) is 11.9 Å². The topological polar surface area (TPSA) is 16.4 Å². The minimum absolute atomic E-state index is 0.0269. The molecule has 8 rings (SSSR count). The zero-order valence-electron chi connectivity index (χ0n) is 39.5. The molecule has 328 valence electrons. The highest BCUT2D eigenvalue weighted by molar-refractivity contribution is 6.11. The Morgan fingerprint density at radius 3 is 1.78 bits per heavy atom. The van der Waals surface area contributed by atoms with Crippen LogP contribution >= 0.6 is 0 Å². The summed E-state index contributed by atoms with van der Waals surface area (Å²) in [7, 11) is 2.11. The number of aryl methyl sites for hydroxylation is 1. The number of hydrogen-bond donors (Lipinski definition) is 0. The fraction of sp³-hybridized carbons (Fsp3) is 0.143. The first-order valence-electron chi connectivity index (χ1n) is 22.4. The van der Waals surface area contributed by atoms with Crippen LogP contribution in [0.25, 0.3) is 49.8 Å². The van der Waals surface area contributed by atoms with Gasteiger partial charge in [0.2, 0.25) is 0 Å². The highest BCUT2D eigenvalue weighted by Gasteiger charge is 2.37. The van der Waals surface area contributed by atoms with Crippen LogP contribution in [0.15, 0.2) is 243 Å². The van der Waals surface area contributed by atoms with Gasteiger partial charge in [-0.05, 0) is 108 Å². The molecule has 0 unspecified atom stereocenters. The van der Waals surface area contributed by atoms with Crippen molar-refractivity contribution in [2.45, 2.75) is 53.4 Å². The quantitative estimate of drug-likeness (QED) is 0.121. The van der Waals surface area contributed by atoms with Gasteiger partial charge in [-0.2, -0.15) is 0 Å². The molecule has 0 spiro atoms. The van der Waals surface area contributed by atoms with E-state index in [1.807, 2.05) is 54.7 Å². The second kappa shape index (κ2) is 23.9. The van der Waals surface area contributed by atoms with Crippen molar-refractivity contribution >= 4 is 38.9 Å². The molecule has 0 atom stereocenters. The van der Waals surface area contributed by atoms with Gasteiger partial charge in [0.25, 0.3) is 0 Å². The van der Waals surface area contributed by atoms with Crippen LogP contribution < -0.4 is 4.90 Å². The summed E-state index contributed by atoms with van der Waals surface area (Å²) in [6.45, 7) is 27.2. The predicted octanol–water partition coefficient (Wildman–Crippen LogP) is 18.3.